The zero-order valence-electron chi connectivity index (χ0n) is 10.7. The van der Waals surface area contributed by atoms with Crippen LogP contribution < -0.4 is 5.73 Å². The first kappa shape index (κ1) is 14.0. The molecule has 0 fully saturated rings. The summed E-state index contributed by atoms with van der Waals surface area (Å²) in [6, 6.07) is 5.05. The molecule has 0 aromatic heterocycles. The van der Waals surface area contributed by atoms with E-state index in [0.717, 1.165) is 5.56 Å². The van der Waals surface area contributed by atoms with Gasteiger partial charge in [0.25, 0.3) is 0 Å². The van der Waals surface area contributed by atoms with Crippen molar-refractivity contribution >= 4 is 17.6 Å². The second kappa shape index (κ2) is 6.05. The summed E-state index contributed by atoms with van der Waals surface area (Å²) in [5.74, 6) is -1.21. The van der Waals surface area contributed by atoms with Crippen molar-refractivity contribution in [1.82, 2.24) is 0 Å². The highest BCUT2D eigenvalue weighted by Gasteiger charge is 2.15. The third-order valence-electron chi connectivity index (χ3n) is 2.23. The minimum atomic E-state index is -0.628. The summed E-state index contributed by atoms with van der Waals surface area (Å²) < 4.78 is 9.68. The lowest BCUT2D eigenvalue weighted by molar-refractivity contribution is -0.150. The molecule has 0 aliphatic rings. The lowest BCUT2D eigenvalue weighted by Gasteiger charge is -2.10. The summed E-state index contributed by atoms with van der Waals surface area (Å²) >= 11 is 0. The molecule has 1 rings (SSSR count). The summed E-state index contributed by atoms with van der Waals surface area (Å²) in [6.45, 7) is 4.82. The second-order valence-electron chi connectivity index (χ2n) is 4.15. The van der Waals surface area contributed by atoms with E-state index in [-0.39, 0.29) is 11.7 Å². The number of anilines is 1. The molecule has 1 aromatic rings. The summed E-state index contributed by atoms with van der Waals surface area (Å²) in [6.07, 6.45) is -0.236. The van der Waals surface area contributed by atoms with E-state index in [1.165, 1.54) is 0 Å². The highest BCUT2D eigenvalue weighted by Crippen LogP contribution is 2.17. The number of ether oxygens (including phenoxy) is 2. The van der Waals surface area contributed by atoms with Crippen LogP contribution in [-0.4, -0.2) is 24.6 Å². The number of nitrogens with two attached hydrogens (primary N) is 1. The number of esters is 2. The Kier molecular flexibility index (Phi) is 4.71. The summed E-state index contributed by atoms with van der Waals surface area (Å²) in [5, 5.41) is 0. The molecule has 5 heteroatoms. The monoisotopic (exact) mass is 251 g/mol. The Hall–Kier alpha value is -2.04. The molecule has 0 heterocycles. The first-order valence-corrected chi connectivity index (χ1v) is 5.63. The Labute approximate surface area is 106 Å². The molecule has 0 bridgehead atoms. The average Bonchev–Trinajstić information content (AvgIpc) is 2.29. The number of rotatable bonds is 4. The summed E-state index contributed by atoms with van der Waals surface area (Å²) in [7, 11) is 0. The molecular formula is C13H17NO4. The first-order chi connectivity index (χ1) is 8.41. The fourth-order valence-electron chi connectivity index (χ4n) is 1.36. The number of carbonyl (C=O) groups is 2. The molecular weight excluding hydrogens is 234 g/mol. The van der Waals surface area contributed by atoms with Crippen LogP contribution in [0.2, 0.25) is 0 Å². The van der Waals surface area contributed by atoms with Gasteiger partial charge < -0.3 is 15.2 Å². The molecule has 0 aliphatic carbocycles. The zero-order chi connectivity index (χ0) is 13.7. The van der Waals surface area contributed by atoms with Crippen LogP contribution in [0.5, 0.6) is 0 Å². The van der Waals surface area contributed by atoms with Gasteiger partial charge in [-0.15, -0.1) is 0 Å². The van der Waals surface area contributed by atoms with Gasteiger partial charge in [0.1, 0.15) is 0 Å². The quantitative estimate of drug-likeness (QED) is 0.650. The van der Waals surface area contributed by atoms with Crippen LogP contribution in [0.1, 0.15) is 29.8 Å². The van der Waals surface area contributed by atoms with Gasteiger partial charge in [-0.05, 0) is 32.4 Å². The zero-order valence-corrected chi connectivity index (χ0v) is 10.7. The van der Waals surface area contributed by atoms with Gasteiger partial charge in [0.2, 0.25) is 0 Å². The van der Waals surface area contributed by atoms with Crippen LogP contribution in [0.3, 0.4) is 0 Å². The summed E-state index contributed by atoms with van der Waals surface area (Å²) in [5.41, 5.74) is 7.16. The maximum Gasteiger partial charge on any atom is 0.344 e. The fraction of sp³-hybridized carbons (Fsp3) is 0.385. The molecule has 18 heavy (non-hydrogen) atoms. The smallest absolute Gasteiger partial charge is 0.344 e. The van der Waals surface area contributed by atoms with Crippen molar-refractivity contribution < 1.29 is 19.1 Å². The van der Waals surface area contributed by atoms with Crippen LogP contribution >= 0.6 is 0 Å². The molecule has 98 valence electrons. The predicted molar refractivity (Wildman–Crippen MR) is 67.1 cm³/mol. The van der Waals surface area contributed by atoms with Gasteiger partial charge in [-0.25, -0.2) is 9.59 Å². The Morgan fingerprint density at radius 1 is 1.33 bits per heavy atom. The van der Waals surface area contributed by atoms with E-state index in [1.54, 1.807) is 39.0 Å². The molecule has 5 nitrogen and oxygen atoms in total. The largest absolute Gasteiger partial charge is 0.460 e. The molecule has 0 saturated carbocycles. The van der Waals surface area contributed by atoms with Gasteiger partial charge in [-0.3, -0.25) is 0 Å². The molecule has 0 amide bonds. The number of benzene rings is 1. The summed E-state index contributed by atoms with van der Waals surface area (Å²) in [4.78, 5) is 22.9. The van der Waals surface area contributed by atoms with Crippen LogP contribution in [0.15, 0.2) is 18.2 Å². The van der Waals surface area contributed by atoms with Crippen molar-refractivity contribution in [3.8, 4) is 0 Å². The van der Waals surface area contributed by atoms with Crippen molar-refractivity contribution in [3.63, 3.8) is 0 Å². The third-order valence-corrected chi connectivity index (χ3v) is 2.23. The van der Waals surface area contributed by atoms with E-state index >= 15 is 0 Å². The average molecular weight is 251 g/mol. The Balaban J connectivity index is 2.61. The maximum atomic E-state index is 11.7. The van der Waals surface area contributed by atoms with Crippen molar-refractivity contribution in [2.24, 2.45) is 0 Å². The lowest BCUT2D eigenvalue weighted by Crippen LogP contribution is -2.20. The van der Waals surface area contributed by atoms with E-state index in [9.17, 15) is 9.59 Å². The van der Waals surface area contributed by atoms with Crippen molar-refractivity contribution in [2.75, 3.05) is 12.3 Å². The molecule has 0 radical (unpaired) electrons. The van der Waals surface area contributed by atoms with Gasteiger partial charge >= 0.3 is 11.9 Å². The highest BCUT2D eigenvalue weighted by atomic mass is 16.6. The number of para-hydroxylation sites is 1. The predicted octanol–water partition coefficient (Wildman–Crippen LogP) is 1.69. The van der Waals surface area contributed by atoms with E-state index in [1.807, 2.05) is 0 Å². The van der Waals surface area contributed by atoms with E-state index in [2.05, 4.69) is 0 Å². The SMILES string of the molecule is Cc1cccc(C(=O)OCC(=O)OC(C)C)c1N. The first-order valence-electron chi connectivity index (χ1n) is 5.63. The minimum absolute atomic E-state index is 0.236. The van der Waals surface area contributed by atoms with Crippen LogP contribution in [0.25, 0.3) is 0 Å². The Bertz CT molecular complexity index is 454. The number of hydrogen-bond acceptors (Lipinski definition) is 5. The van der Waals surface area contributed by atoms with Crippen molar-refractivity contribution in [3.05, 3.63) is 29.3 Å². The third kappa shape index (κ3) is 3.76. The number of carbonyl (C=O) groups excluding carboxylic acids is 2. The minimum Gasteiger partial charge on any atom is -0.460 e. The number of hydrogen-bond donors (Lipinski definition) is 1. The Morgan fingerprint density at radius 3 is 2.61 bits per heavy atom. The highest BCUT2D eigenvalue weighted by molar-refractivity contribution is 5.96. The standard InChI is InChI=1S/C13H17NO4/c1-8(2)18-11(15)7-17-13(16)10-6-4-5-9(3)12(10)14/h4-6,8H,7,14H2,1-3H3. The number of aryl methyl sites for hydroxylation is 1. The molecule has 0 saturated heterocycles. The molecule has 1 aromatic carbocycles. The molecule has 0 aliphatic heterocycles. The van der Waals surface area contributed by atoms with Crippen LogP contribution in [0.4, 0.5) is 5.69 Å². The van der Waals surface area contributed by atoms with E-state index < -0.39 is 18.5 Å². The van der Waals surface area contributed by atoms with E-state index in [4.69, 9.17) is 15.2 Å². The second-order valence-corrected chi connectivity index (χ2v) is 4.15. The Morgan fingerprint density at radius 2 is 2.00 bits per heavy atom. The molecule has 0 atom stereocenters. The molecule has 2 N–H and O–H groups in total. The van der Waals surface area contributed by atoms with Gasteiger partial charge in [-0.1, -0.05) is 12.1 Å². The van der Waals surface area contributed by atoms with Gasteiger partial charge in [0.05, 0.1) is 11.7 Å². The molecule has 0 spiro atoms. The van der Waals surface area contributed by atoms with Gasteiger partial charge in [0.15, 0.2) is 6.61 Å². The fourth-order valence-corrected chi connectivity index (χ4v) is 1.36. The lowest BCUT2D eigenvalue weighted by atomic mass is 10.1. The van der Waals surface area contributed by atoms with Crippen molar-refractivity contribution in [1.29, 1.82) is 0 Å². The van der Waals surface area contributed by atoms with Gasteiger partial charge in [-0.2, -0.15) is 0 Å². The van der Waals surface area contributed by atoms with Crippen LogP contribution in [-0.2, 0) is 14.3 Å². The number of nitrogen functional groups attached to an aromatic ring is 1. The normalized spacial score (nSPS) is 10.2. The molecule has 0 unspecified atom stereocenters. The van der Waals surface area contributed by atoms with Gasteiger partial charge in [0, 0.05) is 5.69 Å². The maximum absolute atomic E-state index is 11.7. The topological polar surface area (TPSA) is 78.6 Å². The van der Waals surface area contributed by atoms with Crippen LogP contribution in [0, 0.1) is 6.92 Å². The van der Waals surface area contributed by atoms with E-state index in [0.29, 0.717) is 5.69 Å². The van der Waals surface area contributed by atoms with Crippen molar-refractivity contribution in [2.45, 2.75) is 26.9 Å².